The molecular weight excluding hydrogens is 748 g/mol. The SMILES string of the molecule is CC.CC.CC.CC.CC.CC.CC.CC.OC1c2ccccc2C(Br)=Cc2cccnc21.OC1c2ccccc2C=C(Br)c2cccnc21. The van der Waals surface area contributed by atoms with Gasteiger partial charge in [0.15, 0.2) is 0 Å². The zero-order chi connectivity index (χ0) is 39.7. The van der Waals surface area contributed by atoms with Crippen LogP contribution in [0.25, 0.3) is 21.1 Å². The molecule has 6 heteroatoms. The molecule has 2 aromatic heterocycles. The lowest BCUT2D eigenvalue weighted by Crippen LogP contribution is -2.04. The van der Waals surface area contributed by atoms with Crippen molar-refractivity contribution in [1.29, 1.82) is 0 Å². The molecule has 50 heavy (non-hydrogen) atoms. The summed E-state index contributed by atoms with van der Waals surface area (Å²) < 4.78 is 1.92. The number of aromatic nitrogens is 2. The number of aliphatic hydroxyl groups excluding tert-OH is 2. The van der Waals surface area contributed by atoms with Gasteiger partial charge < -0.3 is 10.2 Å². The van der Waals surface area contributed by atoms with Crippen molar-refractivity contribution in [2.75, 3.05) is 0 Å². The highest BCUT2D eigenvalue weighted by Crippen LogP contribution is 2.38. The summed E-state index contributed by atoms with van der Waals surface area (Å²) in [4.78, 5) is 8.57. The van der Waals surface area contributed by atoms with Gasteiger partial charge in [0.2, 0.25) is 0 Å². The van der Waals surface area contributed by atoms with Crippen LogP contribution in [-0.4, -0.2) is 20.2 Å². The van der Waals surface area contributed by atoms with Gasteiger partial charge in [-0.15, -0.1) is 0 Å². The van der Waals surface area contributed by atoms with Gasteiger partial charge in [-0.25, -0.2) is 0 Å². The van der Waals surface area contributed by atoms with Crippen molar-refractivity contribution in [1.82, 2.24) is 9.97 Å². The molecule has 280 valence electrons. The Morgan fingerprint density at radius 1 is 0.420 bits per heavy atom. The van der Waals surface area contributed by atoms with E-state index in [0.717, 1.165) is 42.3 Å². The first-order valence-corrected chi connectivity index (χ1v) is 20.3. The predicted octanol–water partition coefficient (Wildman–Crippen LogP) is 14.9. The number of aliphatic hydroxyl groups is 2. The van der Waals surface area contributed by atoms with Crippen molar-refractivity contribution < 1.29 is 10.2 Å². The first-order valence-electron chi connectivity index (χ1n) is 18.7. The third-order valence-electron chi connectivity index (χ3n) is 5.85. The summed E-state index contributed by atoms with van der Waals surface area (Å²) in [7, 11) is 0. The zero-order valence-corrected chi connectivity index (χ0v) is 37.1. The molecule has 0 saturated heterocycles. The molecule has 0 spiro atoms. The van der Waals surface area contributed by atoms with Gasteiger partial charge in [0.1, 0.15) is 12.2 Å². The molecule has 4 nitrogen and oxygen atoms in total. The highest BCUT2D eigenvalue weighted by Gasteiger charge is 2.23. The van der Waals surface area contributed by atoms with Crippen LogP contribution < -0.4 is 0 Å². The molecule has 2 heterocycles. The van der Waals surface area contributed by atoms with Crippen molar-refractivity contribution in [2.45, 2.75) is 123 Å². The van der Waals surface area contributed by atoms with E-state index in [4.69, 9.17) is 0 Å². The number of rotatable bonds is 0. The minimum atomic E-state index is -0.673. The number of halogens is 2. The van der Waals surface area contributed by atoms with Gasteiger partial charge in [0, 0.05) is 32.5 Å². The largest absolute Gasteiger partial charge is 0.382 e. The van der Waals surface area contributed by atoms with Crippen LogP contribution in [0.15, 0.2) is 85.2 Å². The molecule has 2 aliphatic carbocycles. The second-order valence-corrected chi connectivity index (χ2v) is 9.63. The first-order chi connectivity index (χ1) is 24.5. The van der Waals surface area contributed by atoms with Crippen molar-refractivity contribution in [2.24, 2.45) is 0 Å². The standard InChI is InChI=1S/2C14H10BrNO.8C2H6/c15-12-8-9-4-3-7-16-13(9)14(17)11-6-2-1-5-10(11)12;15-12-8-9-4-1-2-5-10(9)14(17)13-11(12)6-3-7-16-13;8*1-2/h2*1-8,14,17H;8*1-2H3. The van der Waals surface area contributed by atoms with E-state index >= 15 is 0 Å². The molecule has 0 aliphatic heterocycles. The summed E-state index contributed by atoms with van der Waals surface area (Å²) in [6.45, 7) is 32.0. The van der Waals surface area contributed by atoms with E-state index in [1.807, 2.05) is 196 Å². The Labute approximate surface area is 324 Å². The van der Waals surface area contributed by atoms with Gasteiger partial charge in [0.25, 0.3) is 0 Å². The van der Waals surface area contributed by atoms with Crippen molar-refractivity contribution in [3.63, 3.8) is 0 Å². The van der Waals surface area contributed by atoms with Crippen LogP contribution >= 0.6 is 31.9 Å². The number of benzene rings is 2. The minimum absolute atomic E-state index is 0.673. The van der Waals surface area contributed by atoms with Crippen LogP contribution in [0.4, 0.5) is 0 Å². The van der Waals surface area contributed by atoms with Crippen LogP contribution in [0.3, 0.4) is 0 Å². The van der Waals surface area contributed by atoms with Crippen LogP contribution in [0.5, 0.6) is 0 Å². The van der Waals surface area contributed by atoms with E-state index in [-0.39, 0.29) is 0 Å². The van der Waals surface area contributed by atoms with Crippen molar-refractivity contribution in [3.05, 3.63) is 130 Å². The van der Waals surface area contributed by atoms with Crippen LogP contribution in [0.1, 0.15) is 168 Å². The van der Waals surface area contributed by atoms with E-state index in [9.17, 15) is 10.2 Å². The summed E-state index contributed by atoms with van der Waals surface area (Å²) >= 11 is 7.10. The number of nitrogens with zero attached hydrogens (tertiary/aromatic N) is 2. The van der Waals surface area contributed by atoms with E-state index in [2.05, 4.69) is 41.8 Å². The first kappa shape index (κ1) is 53.9. The summed E-state index contributed by atoms with van der Waals surface area (Å²) in [5, 5.41) is 20.8. The summed E-state index contributed by atoms with van der Waals surface area (Å²) in [5.74, 6) is 0. The maximum atomic E-state index is 10.4. The van der Waals surface area contributed by atoms with E-state index in [0.29, 0.717) is 11.4 Å². The Kier molecular flexibility index (Phi) is 38.7. The van der Waals surface area contributed by atoms with E-state index in [1.165, 1.54) is 0 Å². The van der Waals surface area contributed by atoms with Crippen LogP contribution in [-0.2, 0) is 0 Å². The lowest BCUT2D eigenvalue weighted by Gasteiger charge is -2.13. The monoisotopic (exact) mass is 814 g/mol. The third-order valence-corrected chi connectivity index (χ3v) is 7.16. The molecule has 6 rings (SSSR count). The van der Waals surface area contributed by atoms with Crippen molar-refractivity contribution >= 4 is 53.0 Å². The molecule has 4 aromatic rings. The Morgan fingerprint density at radius 3 is 1.34 bits per heavy atom. The fourth-order valence-electron chi connectivity index (χ4n) is 4.19. The average molecular weight is 817 g/mol. The van der Waals surface area contributed by atoms with Crippen molar-refractivity contribution in [3.8, 4) is 0 Å². The van der Waals surface area contributed by atoms with E-state index < -0.39 is 12.2 Å². The molecular formula is C44H68Br2N2O2. The zero-order valence-electron chi connectivity index (χ0n) is 33.9. The topological polar surface area (TPSA) is 66.2 Å². The highest BCUT2D eigenvalue weighted by atomic mass is 79.9. The second kappa shape index (κ2) is 35.9. The predicted molar refractivity (Wildman–Crippen MR) is 234 cm³/mol. The van der Waals surface area contributed by atoms with Gasteiger partial charge >= 0.3 is 0 Å². The maximum Gasteiger partial charge on any atom is 0.122 e. The molecule has 0 bridgehead atoms. The molecule has 2 unspecified atom stereocenters. The molecule has 0 fully saturated rings. The highest BCUT2D eigenvalue weighted by molar-refractivity contribution is 9.15. The molecule has 2 aromatic carbocycles. The maximum absolute atomic E-state index is 10.4. The smallest absolute Gasteiger partial charge is 0.122 e. The van der Waals surface area contributed by atoms with Crippen LogP contribution in [0.2, 0.25) is 0 Å². The van der Waals surface area contributed by atoms with Gasteiger partial charge in [0.05, 0.1) is 11.4 Å². The molecule has 0 radical (unpaired) electrons. The number of pyridine rings is 2. The lowest BCUT2D eigenvalue weighted by molar-refractivity contribution is 0.215. The van der Waals surface area contributed by atoms with Gasteiger partial charge in [-0.3, -0.25) is 9.97 Å². The second-order valence-electron chi connectivity index (χ2n) is 7.92. The Bertz CT molecular complexity index is 1330. The number of hydrogen-bond donors (Lipinski definition) is 2. The molecule has 2 N–H and O–H groups in total. The third kappa shape index (κ3) is 16.4. The van der Waals surface area contributed by atoms with Gasteiger partial charge in [-0.05, 0) is 46.5 Å². The molecule has 2 atom stereocenters. The fourth-order valence-corrected chi connectivity index (χ4v) is 5.37. The number of fused-ring (bicyclic) bond motifs is 4. The molecule has 2 aliphatic rings. The fraction of sp³-hybridized carbons (Fsp3) is 0.409. The lowest BCUT2D eigenvalue weighted by atomic mass is 10.0. The number of hydrogen-bond acceptors (Lipinski definition) is 4. The Hall–Kier alpha value is -2.90. The minimum Gasteiger partial charge on any atom is -0.382 e. The van der Waals surface area contributed by atoms with Gasteiger partial charge in [-0.1, -0.05) is 203 Å². The summed E-state index contributed by atoms with van der Waals surface area (Å²) in [5.41, 5.74) is 7.09. The Morgan fingerprint density at radius 2 is 0.780 bits per heavy atom. The summed E-state index contributed by atoms with van der Waals surface area (Å²) in [6, 6.07) is 23.3. The normalized spacial score (nSPS) is 13.0. The molecule has 0 amide bonds. The van der Waals surface area contributed by atoms with E-state index in [1.54, 1.807) is 12.4 Å². The summed E-state index contributed by atoms with van der Waals surface area (Å²) in [6.07, 6.45) is 6.08. The van der Waals surface area contributed by atoms with Crippen LogP contribution in [0, 0.1) is 0 Å². The van der Waals surface area contributed by atoms with Gasteiger partial charge in [-0.2, -0.15) is 0 Å². The Balaban J connectivity index is -0.000000303. The quantitative estimate of drug-likeness (QED) is 0.186. The molecule has 0 saturated carbocycles. The average Bonchev–Trinajstić information content (AvgIpc) is 3.41.